The molecule has 3 heteroatoms. The molecule has 0 atom stereocenters. The van der Waals surface area contributed by atoms with Crippen molar-refractivity contribution in [1.82, 2.24) is 0 Å². The van der Waals surface area contributed by atoms with Crippen LogP contribution in [0.15, 0.2) is 72.8 Å². The summed E-state index contributed by atoms with van der Waals surface area (Å²) in [6, 6.07) is 19.6. The lowest BCUT2D eigenvalue weighted by atomic mass is 10.1. The molecule has 0 spiro atoms. The predicted octanol–water partition coefficient (Wildman–Crippen LogP) is 4.02. The first-order valence-electron chi connectivity index (χ1n) is 8.00. The van der Waals surface area contributed by atoms with E-state index in [0.717, 1.165) is 37.6 Å². The van der Waals surface area contributed by atoms with Gasteiger partial charge in [-0.1, -0.05) is 72.8 Å². The Labute approximate surface area is 143 Å². The number of benzene rings is 2. The fourth-order valence-electron chi connectivity index (χ4n) is 1.98. The van der Waals surface area contributed by atoms with E-state index >= 15 is 0 Å². The summed E-state index contributed by atoms with van der Waals surface area (Å²) >= 11 is 0. The molecule has 0 amide bonds. The number of carbonyl (C=O) groups excluding carboxylic acids is 1. The highest BCUT2D eigenvalue weighted by Crippen LogP contribution is 2.03. The van der Waals surface area contributed by atoms with Crippen LogP contribution in [0, 0.1) is 0 Å². The minimum absolute atomic E-state index is 0.0114. The Kier molecular flexibility index (Phi) is 8.27. The molecule has 0 bridgehead atoms. The first-order valence-corrected chi connectivity index (χ1v) is 8.00. The first-order chi connectivity index (χ1) is 11.8. The van der Waals surface area contributed by atoms with Gasteiger partial charge in [-0.05, 0) is 23.3 Å². The van der Waals surface area contributed by atoms with Gasteiger partial charge in [-0.2, -0.15) is 0 Å². The van der Waals surface area contributed by atoms with Gasteiger partial charge in [0.15, 0.2) is 5.78 Å². The Balaban J connectivity index is 0.000000292. The molecule has 2 aromatic rings. The van der Waals surface area contributed by atoms with Crippen molar-refractivity contribution in [2.75, 3.05) is 26.4 Å². The summed E-state index contributed by atoms with van der Waals surface area (Å²) in [5.41, 5.74) is 2.05. The van der Waals surface area contributed by atoms with E-state index in [1.165, 1.54) is 0 Å². The van der Waals surface area contributed by atoms with Gasteiger partial charge in [0, 0.05) is 0 Å². The zero-order chi connectivity index (χ0) is 16.9. The second kappa shape index (κ2) is 11.1. The predicted molar refractivity (Wildman–Crippen MR) is 97.6 cm³/mol. The van der Waals surface area contributed by atoms with Crippen molar-refractivity contribution in [2.45, 2.75) is 0 Å². The molecule has 1 saturated heterocycles. The van der Waals surface area contributed by atoms with Crippen LogP contribution in [0.2, 0.25) is 0 Å². The molecule has 1 fully saturated rings. The van der Waals surface area contributed by atoms with E-state index in [1.54, 1.807) is 12.2 Å². The van der Waals surface area contributed by atoms with Crippen molar-refractivity contribution in [3.8, 4) is 0 Å². The highest BCUT2D eigenvalue weighted by molar-refractivity contribution is 6.04. The van der Waals surface area contributed by atoms with Crippen LogP contribution in [0.1, 0.15) is 11.1 Å². The summed E-state index contributed by atoms with van der Waals surface area (Å²) in [7, 11) is 0. The normalized spacial score (nSPS) is 14.3. The van der Waals surface area contributed by atoms with Crippen LogP contribution in [0.4, 0.5) is 0 Å². The van der Waals surface area contributed by atoms with Crippen LogP contribution in [0.3, 0.4) is 0 Å². The summed E-state index contributed by atoms with van der Waals surface area (Å²) in [5.74, 6) is -0.0114. The van der Waals surface area contributed by atoms with Gasteiger partial charge in [0.2, 0.25) is 0 Å². The molecule has 124 valence electrons. The molecule has 0 aromatic heterocycles. The quantitative estimate of drug-likeness (QED) is 0.798. The topological polar surface area (TPSA) is 35.5 Å². The Bertz CT molecular complexity index is 578. The van der Waals surface area contributed by atoms with Crippen molar-refractivity contribution in [3.05, 3.63) is 83.9 Å². The molecule has 0 aliphatic carbocycles. The minimum atomic E-state index is -0.0114. The summed E-state index contributed by atoms with van der Waals surface area (Å²) in [5, 5.41) is 0. The smallest absolute Gasteiger partial charge is 0.178 e. The second-order valence-corrected chi connectivity index (χ2v) is 5.12. The van der Waals surface area contributed by atoms with Crippen LogP contribution in [0.25, 0.3) is 12.2 Å². The van der Waals surface area contributed by atoms with Gasteiger partial charge in [-0.25, -0.2) is 0 Å². The molecule has 2 aromatic carbocycles. The van der Waals surface area contributed by atoms with Crippen molar-refractivity contribution in [1.29, 1.82) is 0 Å². The molecular formula is C21H22O3. The fraction of sp³-hybridized carbons (Fsp3) is 0.190. The van der Waals surface area contributed by atoms with Gasteiger partial charge < -0.3 is 9.47 Å². The lowest BCUT2D eigenvalue weighted by Crippen LogP contribution is -2.16. The van der Waals surface area contributed by atoms with Crippen molar-refractivity contribution < 1.29 is 14.3 Å². The van der Waals surface area contributed by atoms with E-state index in [-0.39, 0.29) is 5.78 Å². The first kappa shape index (κ1) is 17.9. The average Bonchev–Trinajstić information content (AvgIpc) is 2.68. The zero-order valence-corrected chi connectivity index (χ0v) is 13.6. The van der Waals surface area contributed by atoms with Crippen molar-refractivity contribution in [3.63, 3.8) is 0 Å². The molecule has 3 rings (SSSR count). The number of hydrogen-bond acceptors (Lipinski definition) is 3. The maximum atomic E-state index is 11.6. The summed E-state index contributed by atoms with van der Waals surface area (Å²) in [4.78, 5) is 11.6. The monoisotopic (exact) mass is 322 g/mol. The molecule has 0 N–H and O–H groups in total. The lowest BCUT2D eigenvalue weighted by Gasteiger charge is -2.09. The summed E-state index contributed by atoms with van der Waals surface area (Å²) in [6.45, 7) is 3.11. The largest absolute Gasteiger partial charge is 0.377 e. The van der Waals surface area contributed by atoms with Crippen molar-refractivity contribution >= 4 is 17.9 Å². The van der Waals surface area contributed by atoms with Gasteiger partial charge in [-0.3, -0.25) is 4.79 Å². The molecule has 1 aliphatic rings. The van der Waals surface area contributed by atoms with Gasteiger partial charge in [0.1, 0.15) is 0 Å². The molecule has 0 saturated carbocycles. The minimum Gasteiger partial charge on any atom is -0.377 e. The van der Waals surface area contributed by atoms with Crippen LogP contribution in [-0.4, -0.2) is 32.2 Å². The number of carbonyl (C=O) groups is 1. The third kappa shape index (κ3) is 7.68. The van der Waals surface area contributed by atoms with Gasteiger partial charge in [-0.15, -0.1) is 0 Å². The van der Waals surface area contributed by atoms with E-state index < -0.39 is 0 Å². The molecule has 24 heavy (non-hydrogen) atoms. The number of rotatable bonds is 4. The van der Waals surface area contributed by atoms with Crippen molar-refractivity contribution in [2.24, 2.45) is 0 Å². The second-order valence-electron chi connectivity index (χ2n) is 5.12. The SMILES string of the molecule is C1COCCO1.O=C(C=Cc1ccccc1)C=Cc1ccccc1. The molecule has 3 nitrogen and oxygen atoms in total. The highest BCUT2D eigenvalue weighted by atomic mass is 16.6. The molecular weight excluding hydrogens is 300 g/mol. The Morgan fingerprint density at radius 3 is 1.38 bits per heavy atom. The average molecular weight is 322 g/mol. The standard InChI is InChI=1S/C17H14O.C4H8O2/c18-17(13-11-15-7-3-1-4-8-15)14-12-16-9-5-2-6-10-16;1-2-6-4-3-5-1/h1-14H;1-4H2. The maximum Gasteiger partial charge on any atom is 0.178 e. The van der Waals surface area contributed by atoms with Gasteiger partial charge in [0.25, 0.3) is 0 Å². The Hall–Kier alpha value is -2.49. The highest BCUT2D eigenvalue weighted by Gasteiger charge is 1.94. The third-order valence-corrected chi connectivity index (χ3v) is 3.22. The fourth-order valence-corrected chi connectivity index (χ4v) is 1.98. The Morgan fingerprint density at radius 1 is 0.667 bits per heavy atom. The number of allylic oxidation sites excluding steroid dienone is 2. The zero-order valence-electron chi connectivity index (χ0n) is 13.6. The van der Waals surface area contributed by atoms with E-state index in [1.807, 2.05) is 72.8 Å². The number of ketones is 1. The van der Waals surface area contributed by atoms with E-state index in [9.17, 15) is 4.79 Å². The molecule has 1 aliphatic heterocycles. The Morgan fingerprint density at radius 2 is 1.04 bits per heavy atom. The van der Waals surface area contributed by atoms with Crippen LogP contribution in [-0.2, 0) is 14.3 Å². The third-order valence-electron chi connectivity index (χ3n) is 3.22. The number of hydrogen-bond donors (Lipinski definition) is 0. The van der Waals surface area contributed by atoms with E-state index in [4.69, 9.17) is 9.47 Å². The molecule has 0 radical (unpaired) electrons. The summed E-state index contributed by atoms with van der Waals surface area (Å²) in [6.07, 6.45) is 6.79. The lowest BCUT2D eigenvalue weighted by molar-refractivity contribution is -0.110. The maximum absolute atomic E-state index is 11.6. The van der Waals surface area contributed by atoms with Crippen LogP contribution in [0.5, 0.6) is 0 Å². The van der Waals surface area contributed by atoms with Gasteiger partial charge >= 0.3 is 0 Å². The van der Waals surface area contributed by atoms with Gasteiger partial charge in [0.05, 0.1) is 26.4 Å². The molecule has 0 unspecified atom stereocenters. The van der Waals surface area contributed by atoms with Crippen LogP contribution >= 0.6 is 0 Å². The molecule has 1 heterocycles. The summed E-state index contributed by atoms with van der Waals surface area (Å²) < 4.78 is 9.89. The number of ether oxygens (including phenoxy) is 2. The van der Waals surface area contributed by atoms with Crippen LogP contribution < -0.4 is 0 Å². The van der Waals surface area contributed by atoms with E-state index in [2.05, 4.69) is 0 Å². The van der Waals surface area contributed by atoms with E-state index in [0.29, 0.717) is 0 Å².